The normalized spacial score (nSPS) is 10.7. The first kappa shape index (κ1) is 15.2. The number of para-hydroxylation sites is 1. The van der Waals surface area contributed by atoms with Crippen LogP contribution in [-0.2, 0) is 6.61 Å². The molecule has 0 radical (unpaired) electrons. The van der Waals surface area contributed by atoms with Crippen LogP contribution in [0.3, 0.4) is 0 Å². The monoisotopic (exact) mass is 308 g/mol. The molecule has 0 aliphatic carbocycles. The lowest BCUT2D eigenvalue weighted by molar-refractivity contribution is 0.0955. The fourth-order valence-corrected chi connectivity index (χ4v) is 2.50. The summed E-state index contributed by atoms with van der Waals surface area (Å²) in [6, 6.07) is 15.8. The number of aromatic nitrogens is 1. The summed E-state index contributed by atoms with van der Waals surface area (Å²) in [6.07, 6.45) is 2.66. The number of ether oxygens (including phenoxy) is 1. The minimum atomic E-state index is -0.0571. The molecule has 0 fully saturated rings. The number of rotatable bonds is 6. The molecule has 1 amide bonds. The molecule has 0 saturated carbocycles. The van der Waals surface area contributed by atoms with E-state index in [0.29, 0.717) is 18.7 Å². The number of hydrogen-bond donors (Lipinski definition) is 2. The summed E-state index contributed by atoms with van der Waals surface area (Å²) in [7, 11) is 0. The van der Waals surface area contributed by atoms with E-state index in [1.165, 1.54) is 0 Å². The number of carbonyl (C=O) groups excluding carboxylic acids is 1. The van der Waals surface area contributed by atoms with Gasteiger partial charge in [-0.05, 0) is 18.1 Å². The molecule has 2 N–H and O–H groups in total. The molecule has 3 aromatic rings. The molecule has 4 nitrogen and oxygen atoms in total. The predicted octanol–water partition coefficient (Wildman–Crippen LogP) is 3.89. The quantitative estimate of drug-likeness (QED) is 0.726. The first-order valence-corrected chi connectivity index (χ1v) is 7.84. The molecule has 0 unspecified atom stereocenters. The van der Waals surface area contributed by atoms with Crippen molar-refractivity contribution in [1.82, 2.24) is 10.3 Å². The molecule has 0 aliphatic heterocycles. The van der Waals surface area contributed by atoms with Crippen molar-refractivity contribution >= 4 is 16.8 Å². The lowest BCUT2D eigenvalue weighted by Gasteiger charge is -2.08. The lowest BCUT2D eigenvalue weighted by Crippen LogP contribution is -2.23. The van der Waals surface area contributed by atoms with Crippen LogP contribution in [0.1, 0.15) is 29.3 Å². The van der Waals surface area contributed by atoms with Crippen molar-refractivity contribution < 1.29 is 9.53 Å². The zero-order valence-electron chi connectivity index (χ0n) is 13.1. The highest BCUT2D eigenvalue weighted by molar-refractivity contribution is 6.07. The maximum absolute atomic E-state index is 12.2. The number of hydrogen-bond acceptors (Lipinski definition) is 2. The third-order valence-corrected chi connectivity index (χ3v) is 3.69. The Labute approximate surface area is 135 Å². The summed E-state index contributed by atoms with van der Waals surface area (Å²) >= 11 is 0. The van der Waals surface area contributed by atoms with E-state index in [1.54, 1.807) is 6.20 Å². The lowest BCUT2D eigenvalue weighted by atomic mass is 10.1. The summed E-state index contributed by atoms with van der Waals surface area (Å²) in [5, 5.41) is 3.78. The average molecular weight is 308 g/mol. The first-order valence-electron chi connectivity index (χ1n) is 7.84. The Bertz CT molecular complexity index is 793. The molecule has 23 heavy (non-hydrogen) atoms. The zero-order chi connectivity index (χ0) is 16.1. The Morgan fingerprint density at radius 1 is 1.13 bits per heavy atom. The van der Waals surface area contributed by atoms with Gasteiger partial charge in [0.1, 0.15) is 12.4 Å². The molecule has 0 atom stereocenters. The van der Waals surface area contributed by atoms with E-state index in [-0.39, 0.29) is 5.91 Å². The van der Waals surface area contributed by atoms with Crippen LogP contribution in [0.4, 0.5) is 0 Å². The number of fused-ring (bicyclic) bond motifs is 1. The van der Waals surface area contributed by atoms with Crippen molar-refractivity contribution in [2.24, 2.45) is 0 Å². The van der Waals surface area contributed by atoms with E-state index >= 15 is 0 Å². The molecule has 118 valence electrons. The van der Waals surface area contributed by atoms with Gasteiger partial charge in [0.25, 0.3) is 5.91 Å². The predicted molar refractivity (Wildman–Crippen MR) is 91.7 cm³/mol. The van der Waals surface area contributed by atoms with Crippen LogP contribution in [-0.4, -0.2) is 17.4 Å². The molecule has 0 aliphatic rings. The van der Waals surface area contributed by atoms with Gasteiger partial charge in [-0.15, -0.1) is 0 Å². The second kappa shape index (κ2) is 7.01. The second-order valence-corrected chi connectivity index (χ2v) is 5.41. The number of nitrogens with one attached hydrogen (secondary N) is 2. The van der Waals surface area contributed by atoms with Gasteiger partial charge in [-0.1, -0.05) is 49.4 Å². The molecule has 4 heteroatoms. The summed E-state index contributed by atoms with van der Waals surface area (Å²) in [5.41, 5.74) is 2.61. The van der Waals surface area contributed by atoms with Crippen molar-refractivity contribution in [3.8, 4) is 5.75 Å². The zero-order valence-corrected chi connectivity index (χ0v) is 13.1. The molecule has 2 aromatic carbocycles. The molecule has 0 saturated heterocycles. The Hall–Kier alpha value is -2.75. The molecule has 1 aromatic heterocycles. The smallest absolute Gasteiger partial charge is 0.253 e. The van der Waals surface area contributed by atoms with Gasteiger partial charge < -0.3 is 15.0 Å². The fourth-order valence-electron chi connectivity index (χ4n) is 2.50. The molecule has 1 heterocycles. The highest BCUT2D eigenvalue weighted by Gasteiger charge is 2.14. The SMILES string of the molecule is CCCNC(=O)c1c[nH]c2c(OCc3ccccc3)cccc12. The van der Waals surface area contributed by atoms with Crippen molar-refractivity contribution in [3.05, 3.63) is 65.9 Å². The van der Waals surface area contributed by atoms with Crippen LogP contribution in [0, 0.1) is 0 Å². The largest absolute Gasteiger partial charge is 0.487 e. The van der Waals surface area contributed by atoms with Crippen molar-refractivity contribution in [2.45, 2.75) is 20.0 Å². The molecular weight excluding hydrogens is 288 g/mol. The second-order valence-electron chi connectivity index (χ2n) is 5.41. The van der Waals surface area contributed by atoms with Crippen LogP contribution in [0.2, 0.25) is 0 Å². The Morgan fingerprint density at radius 3 is 2.74 bits per heavy atom. The van der Waals surface area contributed by atoms with Gasteiger partial charge >= 0.3 is 0 Å². The maximum atomic E-state index is 12.2. The number of aromatic amines is 1. The number of benzene rings is 2. The van der Waals surface area contributed by atoms with Crippen LogP contribution in [0.5, 0.6) is 5.75 Å². The summed E-state index contributed by atoms with van der Waals surface area (Å²) < 4.78 is 5.92. The highest BCUT2D eigenvalue weighted by Crippen LogP contribution is 2.27. The van der Waals surface area contributed by atoms with Crippen LogP contribution in [0.25, 0.3) is 10.9 Å². The topological polar surface area (TPSA) is 54.1 Å². The molecule has 0 bridgehead atoms. The van der Waals surface area contributed by atoms with E-state index in [0.717, 1.165) is 28.6 Å². The van der Waals surface area contributed by atoms with E-state index in [2.05, 4.69) is 10.3 Å². The van der Waals surface area contributed by atoms with Gasteiger partial charge in [-0.25, -0.2) is 0 Å². The minimum absolute atomic E-state index is 0.0571. The Balaban J connectivity index is 1.82. The highest BCUT2D eigenvalue weighted by atomic mass is 16.5. The van der Waals surface area contributed by atoms with Crippen molar-refractivity contribution in [2.75, 3.05) is 6.54 Å². The van der Waals surface area contributed by atoms with Gasteiger partial charge in [-0.2, -0.15) is 0 Å². The molecular formula is C19H20N2O2. The van der Waals surface area contributed by atoms with E-state index in [4.69, 9.17) is 4.74 Å². The Morgan fingerprint density at radius 2 is 1.96 bits per heavy atom. The van der Waals surface area contributed by atoms with Gasteiger partial charge in [-0.3, -0.25) is 4.79 Å². The third kappa shape index (κ3) is 3.37. The summed E-state index contributed by atoms with van der Waals surface area (Å²) in [4.78, 5) is 15.4. The first-order chi connectivity index (χ1) is 11.3. The van der Waals surface area contributed by atoms with Crippen molar-refractivity contribution in [3.63, 3.8) is 0 Å². The molecule has 3 rings (SSSR count). The minimum Gasteiger partial charge on any atom is -0.487 e. The number of carbonyl (C=O) groups is 1. The average Bonchev–Trinajstić information content (AvgIpc) is 3.03. The fraction of sp³-hybridized carbons (Fsp3) is 0.211. The van der Waals surface area contributed by atoms with Crippen LogP contribution in [0.15, 0.2) is 54.7 Å². The van der Waals surface area contributed by atoms with Crippen molar-refractivity contribution in [1.29, 1.82) is 0 Å². The van der Waals surface area contributed by atoms with Gasteiger partial charge in [0, 0.05) is 18.1 Å². The summed E-state index contributed by atoms with van der Waals surface area (Å²) in [6.45, 7) is 3.21. The maximum Gasteiger partial charge on any atom is 0.253 e. The standard InChI is InChI=1S/C19H20N2O2/c1-2-11-20-19(22)16-12-21-18-15(16)9-6-10-17(18)23-13-14-7-4-3-5-8-14/h3-10,12,21H,2,11,13H2,1H3,(H,20,22). The van der Waals surface area contributed by atoms with E-state index < -0.39 is 0 Å². The molecule has 0 spiro atoms. The van der Waals surface area contributed by atoms with Crippen LogP contribution >= 0.6 is 0 Å². The number of amides is 1. The van der Waals surface area contributed by atoms with Gasteiger partial charge in [0.05, 0.1) is 11.1 Å². The van der Waals surface area contributed by atoms with E-state index in [1.807, 2.05) is 55.5 Å². The Kier molecular flexibility index (Phi) is 4.62. The van der Waals surface area contributed by atoms with Crippen LogP contribution < -0.4 is 10.1 Å². The third-order valence-electron chi connectivity index (χ3n) is 3.69. The number of H-pyrrole nitrogens is 1. The van der Waals surface area contributed by atoms with E-state index in [9.17, 15) is 4.79 Å². The summed E-state index contributed by atoms with van der Waals surface area (Å²) in [5.74, 6) is 0.694. The van der Waals surface area contributed by atoms with Gasteiger partial charge in [0.15, 0.2) is 0 Å². The van der Waals surface area contributed by atoms with Gasteiger partial charge in [0.2, 0.25) is 0 Å².